The smallest absolute Gasteiger partial charge is 0.338 e. The molecule has 11 atom stereocenters. The van der Waals surface area contributed by atoms with Gasteiger partial charge in [-0.1, -0.05) is 68.4 Å². The first-order valence-electron chi connectivity index (χ1n) is 22.7. The molecule has 2 saturated carbocycles. The molecule has 1 saturated heterocycles. The number of hydrogen-bond acceptors (Lipinski definition) is 15. The molecule has 0 aromatic heterocycles. The van der Waals surface area contributed by atoms with E-state index in [1.807, 2.05) is 0 Å². The summed E-state index contributed by atoms with van der Waals surface area (Å²) in [7, 11) is 0. The summed E-state index contributed by atoms with van der Waals surface area (Å²) in [5.74, 6) is -6.53. The molecule has 3 aromatic carbocycles. The van der Waals surface area contributed by atoms with Crippen LogP contribution in [0, 0.1) is 16.7 Å². The van der Waals surface area contributed by atoms with Crippen molar-refractivity contribution in [3.63, 3.8) is 0 Å². The molecule has 3 fully saturated rings. The summed E-state index contributed by atoms with van der Waals surface area (Å²) >= 11 is 0. The number of hydrogen-bond donors (Lipinski definition) is 4. The van der Waals surface area contributed by atoms with Gasteiger partial charge in [-0.25, -0.2) is 9.59 Å². The molecule has 0 unspecified atom stereocenters. The predicted molar refractivity (Wildman–Crippen MR) is 236 cm³/mol. The van der Waals surface area contributed by atoms with E-state index < -0.39 is 113 Å². The molecule has 16 heteroatoms. The lowest BCUT2D eigenvalue weighted by atomic mass is 9.44. The average molecular weight is 924 g/mol. The highest BCUT2D eigenvalue weighted by molar-refractivity contribution is 5.96. The Hall–Kier alpha value is -5.94. The number of ketones is 1. The fourth-order valence-electron chi connectivity index (χ4n) is 11.1. The van der Waals surface area contributed by atoms with Crippen molar-refractivity contribution < 1.29 is 72.5 Å². The number of aliphatic hydroxyl groups excluding tert-OH is 2. The minimum Gasteiger partial charge on any atom is -0.493 e. The molecule has 4 N–H and O–H groups in total. The number of ether oxygens (including phenoxy) is 6. The average Bonchev–Trinajstić information content (AvgIpc) is 3.30. The number of esters is 4. The molecule has 5 aliphatic rings. The van der Waals surface area contributed by atoms with Crippen molar-refractivity contribution in [2.75, 3.05) is 13.2 Å². The summed E-state index contributed by atoms with van der Waals surface area (Å²) in [4.78, 5) is 85.9. The molecule has 67 heavy (non-hydrogen) atoms. The summed E-state index contributed by atoms with van der Waals surface area (Å²) in [6, 6.07) is 21.2. The number of carbonyl (C=O) groups is 6. The van der Waals surface area contributed by atoms with Crippen LogP contribution in [0.25, 0.3) is 0 Å². The first-order chi connectivity index (χ1) is 31.8. The number of carbonyl (C=O) groups excluding carboxylic acids is 6. The van der Waals surface area contributed by atoms with E-state index in [1.54, 1.807) is 86.6 Å². The zero-order valence-electron chi connectivity index (χ0n) is 38.1. The quantitative estimate of drug-likeness (QED) is 0.155. The van der Waals surface area contributed by atoms with E-state index >= 15 is 4.79 Å². The summed E-state index contributed by atoms with van der Waals surface area (Å²) in [5, 5.41) is 41.0. The molecule has 3 aromatic rings. The molecule has 2 heterocycles. The number of aliphatic hydroxyl groups is 3. The predicted octanol–water partition coefficient (Wildman–Crippen LogP) is 4.67. The summed E-state index contributed by atoms with van der Waals surface area (Å²) in [5.41, 5.74) is -7.25. The van der Waals surface area contributed by atoms with E-state index in [9.17, 15) is 39.3 Å². The molecular formula is C51H57NO15. The SMILES string of the molecule is CC(=O)O[C@H]1C(=O)[C@@]2(C)[C@@H]3[C@H](OC(=O)c4ccccc4)[C@]4(O)C[C@H](OC(=O)[C@H](O)[C@@H](NC(=O)c5ccccc5)c5ccccc5OCCCCCC(=O)O[C@]35CO[C@@H]5C[C@@H]2O)C(C)=C1C4(C)C. The van der Waals surface area contributed by atoms with Crippen LogP contribution < -0.4 is 10.1 Å². The fraction of sp³-hybridized carbons (Fsp3) is 0.490. The van der Waals surface area contributed by atoms with E-state index in [0.29, 0.717) is 19.3 Å². The van der Waals surface area contributed by atoms with Crippen molar-refractivity contribution in [1.82, 2.24) is 5.32 Å². The lowest BCUT2D eigenvalue weighted by molar-refractivity contribution is -0.346. The maximum Gasteiger partial charge on any atom is 0.338 e. The van der Waals surface area contributed by atoms with Crippen molar-refractivity contribution >= 4 is 35.6 Å². The van der Waals surface area contributed by atoms with Crippen LogP contribution in [-0.2, 0) is 42.9 Å². The number of fused-ring (bicyclic) bond motifs is 3. The molecule has 16 nitrogen and oxygen atoms in total. The number of para-hydroxylation sites is 1. The largest absolute Gasteiger partial charge is 0.493 e. The Morgan fingerprint density at radius 3 is 2.15 bits per heavy atom. The summed E-state index contributed by atoms with van der Waals surface area (Å²) in [6.07, 6.45) is -9.49. The van der Waals surface area contributed by atoms with Crippen molar-refractivity contribution in [3.8, 4) is 5.75 Å². The van der Waals surface area contributed by atoms with Crippen molar-refractivity contribution in [3.05, 3.63) is 113 Å². The second kappa shape index (κ2) is 18.3. The maximum atomic E-state index is 15.7. The molecule has 0 radical (unpaired) electrons. The van der Waals surface area contributed by atoms with Gasteiger partial charge in [0.05, 0.1) is 42.3 Å². The van der Waals surface area contributed by atoms with E-state index in [4.69, 9.17) is 28.4 Å². The Balaban J connectivity index is 1.33. The van der Waals surface area contributed by atoms with Crippen LogP contribution in [0.5, 0.6) is 5.75 Å². The first kappa shape index (κ1) is 47.5. The minimum atomic E-state index is -2.41. The molecule has 4 bridgehead atoms. The maximum absolute atomic E-state index is 15.7. The molecule has 8 rings (SSSR count). The Morgan fingerprint density at radius 1 is 0.836 bits per heavy atom. The summed E-state index contributed by atoms with van der Waals surface area (Å²) < 4.78 is 37.3. The Bertz CT molecular complexity index is 2460. The lowest BCUT2D eigenvalue weighted by Crippen LogP contribution is -2.82. The van der Waals surface area contributed by atoms with E-state index in [-0.39, 0.29) is 59.6 Å². The van der Waals surface area contributed by atoms with E-state index in [2.05, 4.69) is 5.32 Å². The molecule has 1 amide bonds. The highest BCUT2D eigenvalue weighted by Gasteiger charge is 2.78. The van der Waals surface area contributed by atoms with Gasteiger partial charge in [0.2, 0.25) is 0 Å². The van der Waals surface area contributed by atoms with Gasteiger partial charge in [-0.2, -0.15) is 0 Å². The van der Waals surface area contributed by atoms with E-state index in [0.717, 1.165) is 6.92 Å². The topological polar surface area (TPSA) is 231 Å². The van der Waals surface area contributed by atoms with Crippen molar-refractivity contribution in [2.45, 2.75) is 127 Å². The van der Waals surface area contributed by atoms with Gasteiger partial charge in [-0.05, 0) is 74.6 Å². The zero-order chi connectivity index (χ0) is 48.1. The third kappa shape index (κ3) is 8.21. The lowest BCUT2D eigenvalue weighted by Gasteiger charge is -2.67. The van der Waals surface area contributed by atoms with Crippen LogP contribution in [0.15, 0.2) is 96.1 Å². The van der Waals surface area contributed by atoms with Gasteiger partial charge < -0.3 is 49.1 Å². The van der Waals surface area contributed by atoms with Gasteiger partial charge in [-0.15, -0.1) is 0 Å². The third-order valence-corrected chi connectivity index (χ3v) is 14.8. The van der Waals surface area contributed by atoms with Gasteiger partial charge in [0, 0.05) is 42.7 Å². The van der Waals surface area contributed by atoms with Crippen LogP contribution in [0.4, 0.5) is 0 Å². The first-order valence-corrected chi connectivity index (χ1v) is 22.7. The van der Waals surface area contributed by atoms with Crippen LogP contribution >= 0.6 is 0 Å². The van der Waals surface area contributed by atoms with Gasteiger partial charge in [0.15, 0.2) is 23.6 Å². The molecule has 3 aliphatic carbocycles. The molecule has 1 spiro atoms. The van der Waals surface area contributed by atoms with Gasteiger partial charge >= 0.3 is 23.9 Å². The zero-order valence-corrected chi connectivity index (χ0v) is 38.1. The van der Waals surface area contributed by atoms with Crippen LogP contribution in [-0.4, -0.2) is 112 Å². The Labute approximate surface area is 387 Å². The Kier molecular flexibility index (Phi) is 13.0. The minimum absolute atomic E-state index is 0.00535. The highest BCUT2D eigenvalue weighted by atomic mass is 16.6. The molecule has 356 valence electrons. The fourth-order valence-corrected chi connectivity index (χ4v) is 11.1. The van der Waals surface area contributed by atoms with Crippen molar-refractivity contribution in [1.29, 1.82) is 0 Å². The summed E-state index contributed by atoms with van der Waals surface area (Å²) in [6.45, 7) is 7.05. The van der Waals surface area contributed by atoms with Crippen LogP contribution in [0.3, 0.4) is 0 Å². The Morgan fingerprint density at radius 2 is 1.49 bits per heavy atom. The highest BCUT2D eigenvalue weighted by Crippen LogP contribution is 2.64. The van der Waals surface area contributed by atoms with Gasteiger partial charge in [-0.3, -0.25) is 19.2 Å². The number of nitrogens with one attached hydrogen (secondary N) is 1. The van der Waals surface area contributed by atoms with Crippen LogP contribution in [0.2, 0.25) is 0 Å². The van der Waals surface area contributed by atoms with Gasteiger partial charge in [0.25, 0.3) is 5.91 Å². The second-order valence-corrected chi connectivity index (χ2v) is 19.0. The third-order valence-electron chi connectivity index (χ3n) is 14.8. The van der Waals surface area contributed by atoms with Gasteiger partial charge in [0.1, 0.15) is 29.7 Å². The second-order valence-electron chi connectivity index (χ2n) is 19.0. The number of amides is 1. The molecule has 2 aliphatic heterocycles. The number of Topliss-reactive ketones (excluding diaryl/α,β-unsaturated/α-hetero) is 1. The number of rotatable bonds is 5. The standard InChI is InChI=1S/C51H57NO15/c1-28-34-26-51(61)44(66-46(59)31-19-11-7-12-20-31)42-49(5,43(57)41(64-29(2)53)38(28)48(51,3)4)35(54)25-36-50(42,27-63-36)67-37(55)23-13-8-16-24-62-33-22-15-14-21-32(33)39(40(56)47(60)65-34)52-45(58)30-17-9-6-10-18-30/h6-7,9-12,14-15,17-22,34-36,39-42,44,54,56,61H,8,13,16,23-27H2,1-5H3,(H,52,58)/t34-,35-,36+,39-,40+,41+,42-,44-,49+,50-,51+/m0/s1. The normalized spacial score (nSPS) is 34.0. The molecular weight excluding hydrogens is 867 g/mol. The number of benzene rings is 3. The monoisotopic (exact) mass is 923 g/mol. The van der Waals surface area contributed by atoms with Crippen LogP contribution in [0.1, 0.15) is 105 Å². The van der Waals surface area contributed by atoms with E-state index in [1.165, 1.54) is 26.0 Å². The van der Waals surface area contributed by atoms with Crippen molar-refractivity contribution in [2.24, 2.45) is 16.7 Å².